The fraction of sp³-hybridized carbons (Fsp3) is 0.545. The van der Waals surface area contributed by atoms with Crippen LogP contribution in [0, 0.1) is 24.7 Å². The molecule has 2 aromatic rings. The maximum Gasteiger partial charge on any atom is 0.375 e. The van der Waals surface area contributed by atoms with E-state index in [-0.39, 0.29) is 24.3 Å². The van der Waals surface area contributed by atoms with E-state index in [1.807, 2.05) is 6.07 Å². The molecule has 6 heteroatoms. The summed E-state index contributed by atoms with van der Waals surface area (Å²) in [4.78, 5) is 24.7. The van der Waals surface area contributed by atoms with Crippen molar-refractivity contribution in [3.63, 3.8) is 0 Å². The molecule has 2 aliphatic rings. The first-order valence-corrected chi connectivity index (χ1v) is 10.00. The van der Waals surface area contributed by atoms with E-state index in [0.717, 1.165) is 17.2 Å². The van der Waals surface area contributed by atoms with Crippen molar-refractivity contribution in [3.05, 3.63) is 29.5 Å². The number of aryl methyl sites for hydroxylation is 1. The third-order valence-corrected chi connectivity index (χ3v) is 6.49. The van der Waals surface area contributed by atoms with Crippen LogP contribution in [0.15, 0.2) is 22.6 Å². The van der Waals surface area contributed by atoms with Gasteiger partial charge in [-0.2, -0.15) is 0 Å². The van der Waals surface area contributed by atoms with Crippen LogP contribution >= 0.6 is 0 Å². The number of carbonyl (C=O) groups is 2. The lowest BCUT2D eigenvalue weighted by molar-refractivity contribution is -0.125. The van der Waals surface area contributed by atoms with Crippen LogP contribution in [0.1, 0.15) is 48.7 Å². The highest BCUT2D eigenvalue weighted by Crippen LogP contribution is 2.49. The standard InChI is InChI=1S/C22H27NO5/c1-12-17-10-16(26-3)6-7-19(17)28-21(12)22(25)27-11-20(24)23-13(2)18-9-14-4-5-15(18)8-14/h6-7,10,13-15,18H,4-5,8-9,11H2,1-3H3,(H,23,24)/t13-,14+,15+,18+/m1/s1. The topological polar surface area (TPSA) is 77.8 Å². The van der Waals surface area contributed by atoms with Crippen LogP contribution in [-0.2, 0) is 9.53 Å². The van der Waals surface area contributed by atoms with Crippen molar-refractivity contribution in [2.75, 3.05) is 13.7 Å². The minimum Gasteiger partial charge on any atom is -0.497 e. The molecule has 1 aromatic carbocycles. The number of benzene rings is 1. The van der Waals surface area contributed by atoms with Gasteiger partial charge in [-0.1, -0.05) is 6.42 Å². The molecule has 0 radical (unpaired) electrons. The molecule has 1 amide bonds. The van der Waals surface area contributed by atoms with Gasteiger partial charge >= 0.3 is 5.97 Å². The number of fused-ring (bicyclic) bond motifs is 3. The normalized spacial score (nSPS) is 24.3. The molecule has 0 unspecified atom stereocenters. The minimum absolute atomic E-state index is 0.113. The Morgan fingerprint density at radius 1 is 1.29 bits per heavy atom. The Balaban J connectivity index is 1.34. The summed E-state index contributed by atoms with van der Waals surface area (Å²) in [5.41, 5.74) is 1.26. The zero-order valence-electron chi connectivity index (χ0n) is 16.6. The van der Waals surface area contributed by atoms with Crippen molar-refractivity contribution in [2.45, 2.75) is 45.6 Å². The van der Waals surface area contributed by atoms with Crippen LogP contribution in [-0.4, -0.2) is 31.6 Å². The third kappa shape index (κ3) is 3.48. The van der Waals surface area contributed by atoms with Crippen molar-refractivity contribution >= 4 is 22.8 Å². The van der Waals surface area contributed by atoms with E-state index in [0.29, 0.717) is 22.8 Å². The smallest absolute Gasteiger partial charge is 0.375 e. The Kier molecular flexibility index (Phi) is 5.04. The van der Waals surface area contributed by atoms with E-state index in [1.54, 1.807) is 26.2 Å². The second-order valence-corrected chi connectivity index (χ2v) is 8.19. The van der Waals surface area contributed by atoms with Gasteiger partial charge in [0.15, 0.2) is 6.61 Å². The van der Waals surface area contributed by atoms with E-state index in [2.05, 4.69) is 12.2 Å². The van der Waals surface area contributed by atoms with E-state index in [4.69, 9.17) is 13.9 Å². The fourth-order valence-corrected chi connectivity index (χ4v) is 5.03. The van der Waals surface area contributed by atoms with Crippen molar-refractivity contribution in [3.8, 4) is 5.75 Å². The molecule has 2 fully saturated rings. The maximum absolute atomic E-state index is 12.4. The summed E-state index contributed by atoms with van der Waals surface area (Å²) in [5.74, 6) is 2.03. The van der Waals surface area contributed by atoms with E-state index in [9.17, 15) is 9.59 Å². The van der Waals surface area contributed by atoms with Crippen LogP contribution in [0.4, 0.5) is 0 Å². The number of carbonyl (C=O) groups excluding carboxylic acids is 2. The number of rotatable bonds is 6. The second-order valence-electron chi connectivity index (χ2n) is 8.19. The summed E-state index contributed by atoms with van der Waals surface area (Å²) < 4.78 is 16.0. The molecule has 0 spiro atoms. The van der Waals surface area contributed by atoms with Crippen molar-refractivity contribution in [2.24, 2.45) is 17.8 Å². The molecule has 0 saturated heterocycles. The van der Waals surface area contributed by atoms with Gasteiger partial charge in [0.25, 0.3) is 5.91 Å². The zero-order chi connectivity index (χ0) is 19.8. The number of hydrogen-bond donors (Lipinski definition) is 1. The Bertz CT molecular complexity index is 902. The molecule has 2 aliphatic carbocycles. The SMILES string of the molecule is COc1ccc2oc(C(=O)OCC(=O)N[C@H](C)[C@@H]3C[C@H]4CC[C@H]3C4)c(C)c2c1. The van der Waals surface area contributed by atoms with Crippen molar-refractivity contribution in [1.29, 1.82) is 0 Å². The van der Waals surface area contributed by atoms with E-state index >= 15 is 0 Å². The quantitative estimate of drug-likeness (QED) is 0.764. The molecule has 4 rings (SSSR count). The average Bonchev–Trinajstić information content (AvgIpc) is 3.40. The molecule has 0 aliphatic heterocycles. The number of ether oxygens (including phenoxy) is 2. The Hall–Kier alpha value is -2.50. The Morgan fingerprint density at radius 2 is 2.11 bits per heavy atom. The van der Waals surface area contributed by atoms with Crippen molar-refractivity contribution < 1.29 is 23.5 Å². The molecule has 2 bridgehead atoms. The zero-order valence-corrected chi connectivity index (χ0v) is 16.6. The summed E-state index contributed by atoms with van der Waals surface area (Å²) >= 11 is 0. The number of amides is 1. The monoisotopic (exact) mass is 385 g/mol. The number of esters is 1. The lowest BCUT2D eigenvalue weighted by Gasteiger charge is -2.28. The Morgan fingerprint density at radius 3 is 2.79 bits per heavy atom. The molecular weight excluding hydrogens is 358 g/mol. The van der Waals surface area contributed by atoms with Crippen LogP contribution < -0.4 is 10.1 Å². The van der Waals surface area contributed by atoms with Crippen LogP contribution in [0.5, 0.6) is 5.75 Å². The first kappa shape index (κ1) is 18.8. The van der Waals surface area contributed by atoms with E-state index in [1.165, 1.54) is 25.7 Å². The fourth-order valence-electron chi connectivity index (χ4n) is 5.03. The maximum atomic E-state index is 12.4. The van der Waals surface area contributed by atoms with Gasteiger partial charge in [-0.15, -0.1) is 0 Å². The van der Waals surface area contributed by atoms with E-state index < -0.39 is 5.97 Å². The van der Waals surface area contributed by atoms with Gasteiger partial charge in [-0.25, -0.2) is 4.79 Å². The predicted molar refractivity (Wildman–Crippen MR) is 104 cm³/mol. The second kappa shape index (κ2) is 7.49. The third-order valence-electron chi connectivity index (χ3n) is 6.49. The molecule has 1 heterocycles. The van der Waals surface area contributed by atoms with Gasteiger partial charge in [0.2, 0.25) is 5.76 Å². The first-order chi connectivity index (χ1) is 13.5. The highest BCUT2D eigenvalue weighted by atomic mass is 16.5. The number of hydrogen-bond acceptors (Lipinski definition) is 5. The molecule has 150 valence electrons. The molecule has 28 heavy (non-hydrogen) atoms. The summed E-state index contributed by atoms with van der Waals surface area (Å²) in [6.07, 6.45) is 5.12. The predicted octanol–water partition coefficient (Wildman–Crippen LogP) is 3.85. The van der Waals surface area contributed by atoms with Gasteiger partial charge in [-0.05, 0) is 69.1 Å². The van der Waals surface area contributed by atoms with Gasteiger partial charge in [0.05, 0.1) is 7.11 Å². The lowest BCUT2D eigenvalue weighted by Crippen LogP contribution is -2.42. The van der Waals surface area contributed by atoms with Crippen LogP contribution in [0.25, 0.3) is 11.0 Å². The summed E-state index contributed by atoms with van der Waals surface area (Å²) in [6.45, 7) is 3.55. The molecule has 6 nitrogen and oxygen atoms in total. The average molecular weight is 385 g/mol. The van der Waals surface area contributed by atoms with Gasteiger partial charge in [0, 0.05) is 17.0 Å². The number of methoxy groups -OCH3 is 1. The largest absolute Gasteiger partial charge is 0.497 e. The van der Waals surface area contributed by atoms with Gasteiger partial charge < -0.3 is 19.2 Å². The lowest BCUT2D eigenvalue weighted by atomic mass is 9.84. The molecule has 1 aromatic heterocycles. The van der Waals surface area contributed by atoms with Gasteiger partial charge in [-0.3, -0.25) is 4.79 Å². The minimum atomic E-state index is -0.629. The number of furan rings is 1. The molecule has 1 N–H and O–H groups in total. The Labute approximate surface area is 164 Å². The summed E-state index contributed by atoms with van der Waals surface area (Å²) in [6, 6.07) is 5.45. The molecular formula is C22H27NO5. The van der Waals surface area contributed by atoms with Crippen molar-refractivity contribution in [1.82, 2.24) is 5.32 Å². The highest BCUT2D eigenvalue weighted by Gasteiger charge is 2.42. The molecule has 4 atom stereocenters. The van der Waals surface area contributed by atoms with Crippen LogP contribution in [0.3, 0.4) is 0 Å². The van der Waals surface area contributed by atoms with Crippen LogP contribution in [0.2, 0.25) is 0 Å². The first-order valence-electron chi connectivity index (χ1n) is 10.00. The number of nitrogens with one attached hydrogen (secondary N) is 1. The summed E-state index contributed by atoms with van der Waals surface area (Å²) in [5, 5.41) is 3.80. The van der Waals surface area contributed by atoms with Gasteiger partial charge in [0.1, 0.15) is 11.3 Å². The summed E-state index contributed by atoms with van der Waals surface area (Å²) in [7, 11) is 1.59. The highest BCUT2D eigenvalue weighted by molar-refractivity contribution is 5.97. The molecule has 2 saturated carbocycles.